The number of hydrogen-bond acceptors (Lipinski definition) is 1. The summed E-state index contributed by atoms with van der Waals surface area (Å²) in [4.78, 5) is 0. The molecule has 0 aromatic rings. The highest BCUT2D eigenvalue weighted by atomic mass is 15.0. The zero-order valence-electron chi connectivity index (χ0n) is 3.78. The van der Waals surface area contributed by atoms with Gasteiger partial charge in [0.25, 0.3) is 0 Å². The van der Waals surface area contributed by atoms with E-state index in [0.29, 0.717) is 0 Å². The second-order valence-corrected chi connectivity index (χ2v) is 2.35. The van der Waals surface area contributed by atoms with Gasteiger partial charge in [-0.15, -0.1) is 0 Å². The zero-order chi connectivity index (χ0) is 3.98. The first-order valence-corrected chi connectivity index (χ1v) is 2.70. The smallest absolute Gasteiger partial charge is 0.00996 e. The van der Waals surface area contributed by atoms with Crippen LogP contribution in [-0.4, -0.2) is 12.6 Å². The molecule has 2 aliphatic rings. The van der Waals surface area contributed by atoms with E-state index in [1.165, 1.54) is 19.4 Å². The van der Waals surface area contributed by atoms with Crippen molar-refractivity contribution in [2.75, 3.05) is 6.54 Å². The third-order valence-corrected chi connectivity index (χ3v) is 1.84. The van der Waals surface area contributed by atoms with Gasteiger partial charge in [0.05, 0.1) is 0 Å². The van der Waals surface area contributed by atoms with Gasteiger partial charge in [0.15, 0.2) is 0 Å². The van der Waals surface area contributed by atoms with Crippen LogP contribution in [0.4, 0.5) is 0 Å². The third kappa shape index (κ3) is 0.243. The van der Waals surface area contributed by atoms with Crippen molar-refractivity contribution in [3.63, 3.8) is 0 Å². The van der Waals surface area contributed by atoms with Gasteiger partial charge in [0.1, 0.15) is 0 Å². The Morgan fingerprint density at radius 3 is 2.67 bits per heavy atom. The van der Waals surface area contributed by atoms with Gasteiger partial charge in [0.2, 0.25) is 0 Å². The third-order valence-electron chi connectivity index (χ3n) is 1.84. The highest BCUT2D eigenvalue weighted by molar-refractivity contribution is 4.98. The van der Waals surface area contributed by atoms with Crippen LogP contribution in [0.25, 0.3) is 0 Å². The van der Waals surface area contributed by atoms with Crippen molar-refractivity contribution in [3.8, 4) is 0 Å². The van der Waals surface area contributed by atoms with Crippen LogP contribution in [0.3, 0.4) is 0 Å². The topological polar surface area (TPSA) is 12.0 Å². The van der Waals surface area contributed by atoms with Crippen LogP contribution in [0.2, 0.25) is 0 Å². The summed E-state index contributed by atoms with van der Waals surface area (Å²) < 4.78 is 0. The van der Waals surface area contributed by atoms with Gasteiger partial charge in [0, 0.05) is 6.04 Å². The lowest BCUT2D eigenvalue weighted by Gasteiger charge is -1.86. The molecule has 0 amide bonds. The molecule has 2 rings (SSSR count). The summed E-state index contributed by atoms with van der Waals surface area (Å²) in [5.41, 5.74) is 0. The quantitative estimate of drug-likeness (QED) is 0.446. The summed E-state index contributed by atoms with van der Waals surface area (Å²) >= 11 is 0. The van der Waals surface area contributed by atoms with Crippen LogP contribution in [0.15, 0.2) is 0 Å². The molecule has 1 N–H and O–H groups in total. The Morgan fingerprint density at radius 1 is 1.50 bits per heavy atom. The maximum Gasteiger partial charge on any atom is 0.00996 e. The highest BCUT2D eigenvalue weighted by Crippen LogP contribution is 2.37. The lowest BCUT2D eigenvalue weighted by Crippen LogP contribution is -2.10. The van der Waals surface area contributed by atoms with Gasteiger partial charge in [-0.05, 0) is 25.3 Å². The van der Waals surface area contributed by atoms with Crippen LogP contribution in [0.5, 0.6) is 0 Å². The van der Waals surface area contributed by atoms with E-state index in [4.69, 9.17) is 0 Å². The van der Waals surface area contributed by atoms with E-state index < -0.39 is 0 Å². The van der Waals surface area contributed by atoms with Crippen molar-refractivity contribution >= 4 is 0 Å². The van der Waals surface area contributed by atoms with E-state index in [0.717, 1.165) is 12.0 Å². The molecular weight excluding hydrogens is 74.1 g/mol. The summed E-state index contributed by atoms with van der Waals surface area (Å²) in [6.45, 7) is 1.29. The fourth-order valence-electron chi connectivity index (χ4n) is 1.27. The number of nitrogens with one attached hydrogen (secondary N) is 1. The molecule has 0 bridgehead atoms. The van der Waals surface area contributed by atoms with Crippen molar-refractivity contribution in [3.05, 3.63) is 0 Å². The molecule has 1 heterocycles. The Hall–Kier alpha value is -0.0400. The number of rotatable bonds is 0. The molecule has 1 nitrogen and oxygen atoms in total. The van der Waals surface area contributed by atoms with Gasteiger partial charge in [-0.25, -0.2) is 0 Å². The monoisotopic (exact) mass is 83.1 g/mol. The summed E-state index contributed by atoms with van der Waals surface area (Å²) in [6.07, 6.45) is 2.92. The Kier molecular flexibility index (Phi) is 0.396. The normalized spacial score (nSPS) is 52.0. The van der Waals surface area contributed by atoms with E-state index in [-0.39, 0.29) is 0 Å². The van der Waals surface area contributed by atoms with Gasteiger partial charge in [-0.1, -0.05) is 0 Å². The Balaban J connectivity index is 2.09. The molecule has 1 aliphatic carbocycles. The van der Waals surface area contributed by atoms with E-state index in [1.807, 2.05) is 0 Å². The fourth-order valence-corrected chi connectivity index (χ4v) is 1.27. The van der Waals surface area contributed by atoms with Gasteiger partial charge in [-0.3, -0.25) is 0 Å². The van der Waals surface area contributed by atoms with Gasteiger partial charge >= 0.3 is 0 Å². The first-order chi connectivity index (χ1) is 2.97. The summed E-state index contributed by atoms with van der Waals surface area (Å²) in [5.74, 6) is 1.10. The van der Waals surface area contributed by atoms with Gasteiger partial charge < -0.3 is 5.32 Å². The SMILES string of the molecule is C1C[C@@H]2C[C@@H]2N1. The molecule has 0 aromatic carbocycles. The van der Waals surface area contributed by atoms with Crippen LogP contribution in [0, 0.1) is 5.92 Å². The summed E-state index contributed by atoms with van der Waals surface area (Å²) in [6, 6.07) is 0.963. The number of fused-ring (bicyclic) bond motifs is 1. The van der Waals surface area contributed by atoms with Crippen molar-refractivity contribution < 1.29 is 0 Å². The lowest BCUT2D eigenvalue weighted by molar-refractivity contribution is 0.741. The second-order valence-electron chi connectivity index (χ2n) is 2.35. The summed E-state index contributed by atoms with van der Waals surface area (Å²) in [7, 11) is 0. The predicted octanol–water partition coefficient (Wildman–Crippen LogP) is 0.368. The molecule has 34 valence electrons. The number of piperidine rings is 1. The Labute approximate surface area is 37.7 Å². The molecule has 2 fully saturated rings. The number of hydrogen-bond donors (Lipinski definition) is 1. The van der Waals surface area contributed by atoms with E-state index >= 15 is 0 Å². The fraction of sp³-hybridized carbons (Fsp3) is 1.00. The summed E-state index contributed by atoms with van der Waals surface area (Å²) in [5, 5.41) is 3.39. The average Bonchev–Trinajstić information content (AvgIpc) is 2.17. The lowest BCUT2D eigenvalue weighted by atomic mass is 10.3. The van der Waals surface area contributed by atoms with E-state index in [2.05, 4.69) is 5.32 Å². The molecule has 0 radical (unpaired) electrons. The molecule has 0 unspecified atom stereocenters. The molecule has 1 saturated carbocycles. The predicted molar refractivity (Wildman–Crippen MR) is 24.5 cm³/mol. The first-order valence-electron chi connectivity index (χ1n) is 2.70. The second kappa shape index (κ2) is 0.784. The Morgan fingerprint density at radius 2 is 2.50 bits per heavy atom. The van der Waals surface area contributed by atoms with Crippen molar-refractivity contribution in [2.45, 2.75) is 18.9 Å². The molecule has 6 heavy (non-hydrogen) atoms. The first kappa shape index (κ1) is 3.03. The molecule has 1 heteroatoms. The largest absolute Gasteiger partial charge is 0.314 e. The minimum atomic E-state index is 0.963. The molecule has 2 atom stereocenters. The molecule has 0 aromatic heterocycles. The van der Waals surface area contributed by atoms with Crippen LogP contribution in [-0.2, 0) is 0 Å². The molecule has 1 aliphatic heterocycles. The van der Waals surface area contributed by atoms with Crippen LogP contribution >= 0.6 is 0 Å². The minimum absolute atomic E-state index is 0.963. The van der Waals surface area contributed by atoms with Crippen molar-refractivity contribution in [2.24, 2.45) is 5.92 Å². The van der Waals surface area contributed by atoms with E-state index in [1.54, 1.807) is 0 Å². The van der Waals surface area contributed by atoms with Crippen molar-refractivity contribution in [1.82, 2.24) is 5.32 Å². The minimum Gasteiger partial charge on any atom is -0.314 e. The average molecular weight is 83.1 g/mol. The molecular formula is C5H9N. The maximum absolute atomic E-state index is 3.39. The zero-order valence-corrected chi connectivity index (χ0v) is 3.78. The van der Waals surface area contributed by atoms with Crippen LogP contribution < -0.4 is 5.32 Å². The maximum atomic E-state index is 3.39. The Bertz CT molecular complexity index is 62.3. The van der Waals surface area contributed by atoms with Crippen molar-refractivity contribution in [1.29, 1.82) is 0 Å². The molecule has 1 saturated heterocycles. The standard InChI is InChI=1S/C5H9N/c1-2-6-5-3-4(1)5/h4-6H,1-3H2/t4-,5+/m1/s1. The highest BCUT2D eigenvalue weighted by Gasteiger charge is 2.40. The van der Waals surface area contributed by atoms with Gasteiger partial charge in [-0.2, -0.15) is 0 Å². The van der Waals surface area contributed by atoms with Crippen LogP contribution in [0.1, 0.15) is 12.8 Å². The molecule has 0 spiro atoms. The van der Waals surface area contributed by atoms with E-state index in [9.17, 15) is 0 Å².